The first-order valence-electron chi connectivity index (χ1n) is 6.83. The Labute approximate surface area is 123 Å². The average molecular weight is 289 g/mol. The zero-order valence-electron chi connectivity index (χ0n) is 11.2. The summed E-state index contributed by atoms with van der Waals surface area (Å²) in [6.07, 6.45) is 4.07. The van der Waals surface area contributed by atoms with E-state index in [4.69, 9.17) is 17.3 Å². The molecule has 104 valence electrons. The molecule has 20 heavy (non-hydrogen) atoms. The molecule has 4 nitrogen and oxygen atoms in total. The van der Waals surface area contributed by atoms with E-state index in [-0.39, 0.29) is 0 Å². The second-order valence-corrected chi connectivity index (χ2v) is 5.41. The molecule has 0 saturated carbocycles. The standard InChI is InChI=1S/C15H17ClN4/c16-12-5-3-11(4-6-12)14-7-8-18-15(19-14)20-9-1-2-13(20)10-17/h3-8,13H,1-2,9-10,17H2. The van der Waals surface area contributed by atoms with Crippen molar-refractivity contribution in [1.82, 2.24) is 9.97 Å². The van der Waals surface area contributed by atoms with Crippen molar-refractivity contribution in [3.8, 4) is 11.3 Å². The molecule has 5 heteroatoms. The van der Waals surface area contributed by atoms with Gasteiger partial charge in [0, 0.05) is 35.9 Å². The number of aromatic nitrogens is 2. The Morgan fingerprint density at radius 3 is 2.80 bits per heavy atom. The number of nitrogens with zero attached hydrogens (tertiary/aromatic N) is 3. The van der Waals surface area contributed by atoms with Gasteiger partial charge in [0.25, 0.3) is 0 Å². The molecule has 2 N–H and O–H groups in total. The fourth-order valence-corrected chi connectivity index (χ4v) is 2.74. The van der Waals surface area contributed by atoms with E-state index in [9.17, 15) is 0 Å². The van der Waals surface area contributed by atoms with Crippen molar-refractivity contribution in [2.24, 2.45) is 5.73 Å². The smallest absolute Gasteiger partial charge is 0.226 e. The van der Waals surface area contributed by atoms with Crippen molar-refractivity contribution in [2.45, 2.75) is 18.9 Å². The maximum atomic E-state index is 5.92. The molecular weight excluding hydrogens is 272 g/mol. The Morgan fingerprint density at radius 1 is 1.25 bits per heavy atom. The number of hydrogen-bond donors (Lipinski definition) is 1. The molecule has 0 aliphatic carbocycles. The van der Waals surface area contributed by atoms with Crippen molar-refractivity contribution in [1.29, 1.82) is 0 Å². The quantitative estimate of drug-likeness (QED) is 0.943. The van der Waals surface area contributed by atoms with Crippen molar-refractivity contribution >= 4 is 17.5 Å². The van der Waals surface area contributed by atoms with Crippen molar-refractivity contribution in [2.75, 3.05) is 18.0 Å². The number of benzene rings is 1. The first kappa shape index (κ1) is 13.3. The first-order valence-corrected chi connectivity index (χ1v) is 7.21. The van der Waals surface area contributed by atoms with Crippen LogP contribution in [-0.4, -0.2) is 29.1 Å². The summed E-state index contributed by atoms with van der Waals surface area (Å²) in [5.41, 5.74) is 7.77. The van der Waals surface area contributed by atoms with E-state index < -0.39 is 0 Å². The molecule has 1 unspecified atom stereocenters. The Hall–Kier alpha value is -1.65. The molecular formula is C15H17ClN4. The van der Waals surface area contributed by atoms with E-state index in [0.29, 0.717) is 12.6 Å². The first-order chi connectivity index (χ1) is 9.78. The summed E-state index contributed by atoms with van der Waals surface area (Å²) in [5, 5.41) is 0.728. The lowest BCUT2D eigenvalue weighted by atomic mass is 10.1. The van der Waals surface area contributed by atoms with Crippen LogP contribution in [0.15, 0.2) is 36.5 Å². The predicted octanol–water partition coefficient (Wildman–Crippen LogP) is 2.72. The second-order valence-electron chi connectivity index (χ2n) is 4.97. The normalized spacial score (nSPS) is 18.5. The third-order valence-corrected chi connectivity index (χ3v) is 3.94. The fraction of sp³-hybridized carbons (Fsp3) is 0.333. The van der Waals surface area contributed by atoms with E-state index in [1.54, 1.807) is 6.20 Å². The molecule has 1 aromatic carbocycles. The summed E-state index contributed by atoms with van der Waals surface area (Å²) in [4.78, 5) is 11.3. The van der Waals surface area contributed by atoms with Crippen LogP contribution in [0.4, 0.5) is 5.95 Å². The zero-order chi connectivity index (χ0) is 13.9. The fourth-order valence-electron chi connectivity index (χ4n) is 2.61. The third kappa shape index (κ3) is 2.62. The number of halogens is 1. The molecule has 1 saturated heterocycles. The van der Waals surface area contributed by atoms with Crippen molar-refractivity contribution in [3.05, 3.63) is 41.6 Å². The van der Waals surface area contributed by atoms with E-state index in [0.717, 1.165) is 41.6 Å². The number of nitrogens with two attached hydrogens (primary N) is 1. The van der Waals surface area contributed by atoms with Gasteiger partial charge in [-0.05, 0) is 31.0 Å². The molecule has 0 radical (unpaired) electrons. The van der Waals surface area contributed by atoms with Crippen molar-refractivity contribution in [3.63, 3.8) is 0 Å². The highest BCUT2D eigenvalue weighted by molar-refractivity contribution is 6.30. The van der Waals surface area contributed by atoms with Crippen LogP contribution in [0.3, 0.4) is 0 Å². The van der Waals surface area contributed by atoms with E-state index in [1.807, 2.05) is 30.3 Å². The highest BCUT2D eigenvalue weighted by atomic mass is 35.5. The SMILES string of the molecule is NCC1CCCN1c1nccc(-c2ccc(Cl)cc2)n1. The molecule has 1 aliphatic heterocycles. The van der Waals surface area contributed by atoms with Gasteiger partial charge in [0.2, 0.25) is 5.95 Å². The maximum absolute atomic E-state index is 5.92. The lowest BCUT2D eigenvalue weighted by molar-refractivity contribution is 0.664. The number of anilines is 1. The lowest BCUT2D eigenvalue weighted by Gasteiger charge is -2.23. The van der Waals surface area contributed by atoms with E-state index in [2.05, 4.69) is 14.9 Å². The van der Waals surface area contributed by atoms with Crippen LogP contribution in [0.25, 0.3) is 11.3 Å². The molecule has 0 amide bonds. The summed E-state index contributed by atoms with van der Waals surface area (Å²) in [5.74, 6) is 0.769. The Kier molecular flexibility index (Phi) is 3.85. The summed E-state index contributed by atoms with van der Waals surface area (Å²) >= 11 is 5.92. The second kappa shape index (κ2) is 5.77. The molecule has 1 fully saturated rings. The minimum Gasteiger partial charge on any atom is -0.337 e. The van der Waals surface area contributed by atoms with Gasteiger partial charge in [0.15, 0.2) is 0 Å². The molecule has 2 aromatic rings. The summed E-state index contributed by atoms with van der Waals surface area (Å²) in [7, 11) is 0. The van der Waals surface area contributed by atoms with E-state index in [1.165, 1.54) is 0 Å². The van der Waals surface area contributed by atoms with Crippen LogP contribution in [0.1, 0.15) is 12.8 Å². The van der Waals surface area contributed by atoms with Crippen LogP contribution >= 0.6 is 11.6 Å². The van der Waals surface area contributed by atoms with Crippen LogP contribution in [0.2, 0.25) is 5.02 Å². The largest absolute Gasteiger partial charge is 0.337 e. The third-order valence-electron chi connectivity index (χ3n) is 3.69. The molecule has 1 aromatic heterocycles. The van der Waals surface area contributed by atoms with Gasteiger partial charge in [0.05, 0.1) is 5.69 Å². The van der Waals surface area contributed by atoms with Gasteiger partial charge >= 0.3 is 0 Å². The molecule has 2 heterocycles. The summed E-state index contributed by atoms with van der Waals surface area (Å²) < 4.78 is 0. The Balaban J connectivity index is 1.91. The lowest BCUT2D eigenvalue weighted by Crippen LogP contribution is -2.36. The number of hydrogen-bond acceptors (Lipinski definition) is 4. The zero-order valence-corrected chi connectivity index (χ0v) is 11.9. The molecule has 1 atom stereocenters. The molecule has 0 spiro atoms. The van der Waals surface area contributed by atoms with Gasteiger partial charge in [-0.15, -0.1) is 0 Å². The topological polar surface area (TPSA) is 55.0 Å². The monoisotopic (exact) mass is 288 g/mol. The van der Waals surface area contributed by atoms with Gasteiger partial charge in [-0.2, -0.15) is 0 Å². The minimum absolute atomic E-state index is 0.357. The van der Waals surface area contributed by atoms with Gasteiger partial charge < -0.3 is 10.6 Å². The number of rotatable bonds is 3. The van der Waals surface area contributed by atoms with Gasteiger partial charge in [-0.3, -0.25) is 0 Å². The van der Waals surface area contributed by atoms with Crippen LogP contribution in [-0.2, 0) is 0 Å². The van der Waals surface area contributed by atoms with Crippen LogP contribution in [0, 0.1) is 0 Å². The van der Waals surface area contributed by atoms with Crippen LogP contribution < -0.4 is 10.6 Å². The van der Waals surface area contributed by atoms with Gasteiger partial charge in [0.1, 0.15) is 0 Å². The van der Waals surface area contributed by atoms with Gasteiger partial charge in [-0.1, -0.05) is 23.7 Å². The summed E-state index contributed by atoms with van der Waals surface area (Å²) in [6.45, 7) is 1.63. The average Bonchev–Trinajstić information content (AvgIpc) is 2.96. The highest BCUT2D eigenvalue weighted by Gasteiger charge is 2.25. The Morgan fingerprint density at radius 2 is 2.05 bits per heavy atom. The molecule has 3 rings (SSSR count). The maximum Gasteiger partial charge on any atom is 0.226 e. The summed E-state index contributed by atoms with van der Waals surface area (Å²) in [6, 6.07) is 9.96. The van der Waals surface area contributed by atoms with E-state index >= 15 is 0 Å². The minimum atomic E-state index is 0.357. The molecule has 0 bridgehead atoms. The van der Waals surface area contributed by atoms with Crippen molar-refractivity contribution < 1.29 is 0 Å². The predicted molar refractivity (Wildman–Crippen MR) is 81.9 cm³/mol. The van der Waals surface area contributed by atoms with Gasteiger partial charge in [-0.25, -0.2) is 9.97 Å². The van der Waals surface area contributed by atoms with Crippen LogP contribution in [0.5, 0.6) is 0 Å². The Bertz CT molecular complexity index is 585. The highest BCUT2D eigenvalue weighted by Crippen LogP contribution is 2.25. The molecule has 1 aliphatic rings.